The van der Waals surface area contributed by atoms with Crippen LogP contribution >= 0.6 is 0 Å². The van der Waals surface area contributed by atoms with Gasteiger partial charge in [0, 0.05) is 32.1 Å². The molecule has 0 atom stereocenters. The van der Waals surface area contributed by atoms with E-state index in [1.165, 1.54) is 0 Å². The molecule has 0 fully saturated rings. The maximum atomic E-state index is 13.2. The zero-order valence-corrected chi connectivity index (χ0v) is 10.5. The molecule has 100 valence electrons. The number of aromatic nitrogens is 1. The molecule has 1 heterocycles. The Hall–Kier alpha value is -1.72. The molecule has 1 rings (SSSR count). The zero-order chi connectivity index (χ0) is 13.5. The van der Waals surface area contributed by atoms with Gasteiger partial charge in [-0.15, -0.1) is 0 Å². The number of pyridine rings is 1. The molecule has 0 bridgehead atoms. The van der Waals surface area contributed by atoms with Crippen LogP contribution in [0.15, 0.2) is 12.3 Å². The van der Waals surface area contributed by atoms with Gasteiger partial charge < -0.3 is 10.2 Å². The number of nitrogens with zero attached hydrogens (tertiary/aromatic N) is 2. The molecule has 0 saturated heterocycles. The number of carbonyl (C=O) groups is 1. The van der Waals surface area contributed by atoms with Crippen LogP contribution in [-0.2, 0) is 4.79 Å². The number of hydrogen-bond donors (Lipinski definition) is 1. The van der Waals surface area contributed by atoms with Gasteiger partial charge in [0.1, 0.15) is 5.82 Å². The summed E-state index contributed by atoms with van der Waals surface area (Å²) in [7, 11) is 0. The van der Waals surface area contributed by atoms with Crippen LogP contribution in [-0.4, -0.2) is 35.4 Å². The van der Waals surface area contributed by atoms with Crippen molar-refractivity contribution in [2.75, 3.05) is 25.0 Å². The highest BCUT2D eigenvalue weighted by molar-refractivity contribution is 5.76. The Labute approximate surface area is 105 Å². The van der Waals surface area contributed by atoms with Gasteiger partial charge in [0.25, 0.3) is 0 Å². The van der Waals surface area contributed by atoms with Crippen LogP contribution in [0.5, 0.6) is 0 Å². The van der Waals surface area contributed by atoms with E-state index in [0.29, 0.717) is 13.1 Å². The molecule has 6 heteroatoms. The number of carbonyl (C=O) groups excluding carboxylic acids is 1. The molecule has 0 unspecified atom stereocenters. The second-order valence-corrected chi connectivity index (χ2v) is 3.73. The normalized spacial score (nSPS) is 10.2. The van der Waals surface area contributed by atoms with Crippen LogP contribution in [0, 0.1) is 11.6 Å². The van der Waals surface area contributed by atoms with Gasteiger partial charge in [-0.1, -0.05) is 0 Å². The predicted molar refractivity (Wildman–Crippen MR) is 65.2 cm³/mol. The fraction of sp³-hybridized carbons (Fsp3) is 0.500. The lowest BCUT2D eigenvalue weighted by atomic mass is 10.3. The first-order valence-corrected chi connectivity index (χ1v) is 5.91. The number of rotatable bonds is 6. The molecular weight excluding hydrogens is 240 g/mol. The summed E-state index contributed by atoms with van der Waals surface area (Å²) in [5.41, 5.74) is 0. The SMILES string of the molecule is CCN(CC)C(=O)CCNc1ncc(F)cc1F. The highest BCUT2D eigenvalue weighted by atomic mass is 19.1. The third-order valence-electron chi connectivity index (χ3n) is 2.56. The molecule has 0 radical (unpaired) electrons. The van der Waals surface area contributed by atoms with E-state index < -0.39 is 11.6 Å². The first-order chi connectivity index (χ1) is 8.58. The second kappa shape index (κ2) is 6.88. The first-order valence-electron chi connectivity index (χ1n) is 5.91. The summed E-state index contributed by atoms with van der Waals surface area (Å²) in [5.74, 6) is -1.53. The third kappa shape index (κ3) is 3.94. The minimum atomic E-state index is -0.759. The minimum Gasteiger partial charge on any atom is -0.367 e. The average Bonchev–Trinajstić information content (AvgIpc) is 2.33. The highest BCUT2D eigenvalue weighted by Gasteiger charge is 2.10. The summed E-state index contributed by atoms with van der Waals surface area (Å²) < 4.78 is 25.8. The van der Waals surface area contributed by atoms with E-state index in [9.17, 15) is 13.6 Å². The molecule has 1 amide bonds. The van der Waals surface area contributed by atoms with E-state index in [4.69, 9.17) is 0 Å². The van der Waals surface area contributed by atoms with E-state index >= 15 is 0 Å². The van der Waals surface area contributed by atoms with Crippen molar-refractivity contribution in [2.45, 2.75) is 20.3 Å². The van der Waals surface area contributed by atoms with Crippen LogP contribution in [0.1, 0.15) is 20.3 Å². The van der Waals surface area contributed by atoms with Crippen LogP contribution in [0.3, 0.4) is 0 Å². The first kappa shape index (κ1) is 14.3. The largest absolute Gasteiger partial charge is 0.367 e. The van der Waals surface area contributed by atoms with Gasteiger partial charge in [0.2, 0.25) is 5.91 Å². The van der Waals surface area contributed by atoms with Gasteiger partial charge in [0.05, 0.1) is 6.20 Å². The van der Waals surface area contributed by atoms with Crippen molar-refractivity contribution < 1.29 is 13.6 Å². The quantitative estimate of drug-likeness (QED) is 0.848. The van der Waals surface area contributed by atoms with Crippen molar-refractivity contribution >= 4 is 11.7 Å². The van der Waals surface area contributed by atoms with E-state index in [-0.39, 0.29) is 24.7 Å². The molecule has 0 aliphatic rings. The van der Waals surface area contributed by atoms with E-state index in [1.807, 2.05) is 13.8 Å². The molecule has 0 aliphatic heterocycles. The molecule has 0 saturated carbocycles. The number of anilines is 1. The summed E-state index contributed by atoms with van der Waals surface area (Å²) in [6, 6.07) is 0.752. The van der Waals surface area contributed by atoms with Crippen LogP contribution in [0.4, 0.5) is 14.6 Å². The summed E-state index contributed by atoms with van der Waals surface area (Å²) in [4.78, 5) is 16.9. The maximum Gasteiger partial charge on any atom is 0.224 e. The van der Waals surface area contributed by atoms with E-state index in [2.05, 4.69) is 10.3 Å². The summed E-state index contributed by atoms with van der Waals surface area (Å²) in [6.07, 6.45) is 1.18. The molecule has 1 aromatic heterocycles. The molecule has 18 heavy (non-hydrogen) atoms. The van der Waals surface area contributed by atoms with E-state index in [1.54, 1.807) is 4.90 Å². The molecule has 0 spiro atoms. The van der Waals surface area contributed by atoms with Gasteiger partial charge in [-0.2, -0.15) is 0 Å². The number of amides is 1. The van der Waals surface area contributed by atoms with Crippen molar-refractivity contribution in [3.8, 4) is 0 Å². The monoisotopic (exact) mass is 257 g/mol. The van der Waals surface area contributed by atoms with E-state index in [0.717, 1.165) is 12.3 Å². The molecule has 0 aromatic carbocycles. The fourth-order valence-electron chi connectivity index (χ4n) is 1.57. The molecule has 0 aliphatic carbocycles. The lowest BCUT2D eigenvalue weighted by Gasteiger charge is -2.18. The standard InChI is InChI=1S/C12H17F2N3O/c1-3-17(4-2)11(18)5-6-15-12-10(14)7-9(13)8-16-12/h7-8H,3-6H2,1-2H3,(H,15,16). The van der Waals surface area contributed by atoms with Gasteiger partial charge in [0.15, 0.2) is 11.6 Å². The summed E-state index contributed by atoms with van der Waals surface area (Å²) in [5, 5.41) is 2.67. The lowest BCUT2D eigenvalue weighted by molar-refractivity contribution is -0.130. The molecule has 1 aromatic rings. The smallest absolute Gasteiger partial charge is 0.224 e. The summed E-state index contributed by atoms with van der Waals surface area (Å²) >= 11 is 0. The Morgan fingerprint density at radius 2 is 2.06 bits per heavy atom. The van der Waals surface area contributed by atoms with Crippen molar-refractivity contribution in [1.82, 2.24) is 9.88 Å². The second-order valence-electron chi connectivity index (χ2n) is 3.73. The van der Waals surface area contributed by atoms with Gasteiger partial charge in [-0.05, 0) is 13.8 Å². The highest BCUT2D eigenvalue weighted by Crippen LogP contribution is 2.10. The molecular formula is C12H17F2N3O. The van der Waals surface area contributed by atoms with Gasteiger partial charge in [-0.3, -0.25) is 4.79 Å². The van der Waals surface area contributed by atoms with Crippen molar-refractivity contribution in [1.29, 1.82) is 0 Å². The predicted octanol–water partition coefficient (Wildman–Crippen LogP) is 2.03. The zero-order valence-electron chi connectivity index (χ0n) is 10.5. The number of nitrogens with one attached hydrogen (secondary N) is 1. The Balaban J connectivity index is 2.44. The Morgan fingerprint density at radius 1 is 1.39 bits per heavy atom. The molecule has 1 N–H and O–H groups in total. The topological polar surface area (TPSA) is 45.2 Å². The fourth-order valence-corrected chi connectivity index (χ4v) is 1.57. The van der Waals surface area contributed by atoms with Crippen LogP contribution in [0.2, 0.25) is 0 Å². The van der Waals surface area contributed by atoms with Crippen molar-refractivity contribution in [3.63, 3.8) is 0 Å². The van der Waals surface area contributed by atoms with Gasteiger partial charge in [-0.25, -0.2) is 13.8 Å². The summed E-state index contributed by atoms with van der Waals surface area (Å²) in [6.45, 7) is 5.37. The van der Waals surface area contributed by atoms with Crippen LogP contribution < -0.4 is 5.32 Å². The Bertz CT molecular complexity index is 408. The van der Waals surface area contributed by atoms with Crippen LogP contribution in [0.25, 0.3) is 0 Å². The lowest BCUT2D eigenvalue weighted by Crippen LogP contribution is -2.31. The minimum absolute atomic E-state index is 0.00461. The third-order valence-corrected chi connectivity index (χ3v) is 2.56. The maximum absolute atomic E-state index is 13.2. The number of hydrogen-bond acceptors (Lipinski definition) is 3. The van der Waals surface area contributed by atoms with Gasteiger partial charge >= 0.3 is 0 Å². The Morgan fingerprint density at radius 3 is 2.61 bits per heavy atom. The van der Waals surface area contributed by atoms with Crippen molar-refractivity contribution in [2.24, 2.45) is 0 Å². The Kier molecular flexibility index (Phi) is 5.48. The molecule has 4 nitrogen and oxygen atoms in total. The average molecular weight is 257 g/mol. The van der Waals surface area contributed by atoms with Crippen molar-refractivity contribution in [3.05, 3.63) is 23.9 Å². The number of halogens is 2.